The Labute approximate surface area is 140 Å². The Morgan fingerprint density at radius 3 is 2.55 bits per heavy atom. The topological polar surface area (TPSA) is 77.1 Å². The van der Waals surface area contributed by atoms with Crippen LogP contribution in [0, 0.1) is 0 Å². The van der Waals surface area contributed by atoms with Crippen molar-refractivity contribution in [3.63, 3.8) is 0 Å². The number of halogens is 1. The number of nitrogens with two attached hydrogens (primary N) is 1. The largest absolute Gasteiger partial charge is 0.444 e. The van der Waals surface area contributed by atoms with Crippen molar-refractivity contribution in [3.05, 3.63) is 10.7 Å². The summed E-state index contributed by atoms with van der Waals surface area (Å²) >= 11 is 3.40. The summed E-state index contributed by atoms with van der Waals surface area (Å²) in [6, 6.07) is 0.197. The number of rotatable bonds is 4. The van der Waals surface area contributed by atoms with Crippen LogP contribution in [0.1, 0.15) is 33.6 Å². The second-order valence-electron chi connectivity index (χ2n) is 6.27. The number of amides is 1. The van der Waals surface area contributed by atoms with Gasteiger partial charge in [-0.3, -0.25) is 4.99 Å². The number of hydrogen-bond donors (Lipinski definition) is 1. The average Bonchev–Trinajstić information content (AvgIpc) is 2.45. The van der Waals surface area contributed by atoms with Gasteiger partial charge in [0.15, 0.2) is 0 Å². The molecule has 2 N–H and O–H groups in total. The van der Waals surface area contributed by atoms with Crippen molar-refractivity contribution in [1.82, 2.24) is 4.90 Å². The first kappa shape index (κ1) is 19.0. The molecule has 126 valence electrons. The van der Waals surface area contributed by atoms with E-state index in [0.717, 1.165) is 18.6 Å². The zero-order valence-electron chi connectivity index (χ0n) is 13.8. The van der Waals surface area contributed by atoms with Crippen molar-refractivity contribution in [3.8, 4) is 0 Å². The molecule has 0 spiro atoms. The van der Waals surface area contributed by atoms with Gasteiger partial charge < -0.3 is 20.1 Å². The minimum Gasteiger partial charge on any atom is -0.444 e. The van der Waals surface area contributed by atoms with Crippen LogP contribution >= 0.6 is 15.9 Å². The fourth-order valence-corrected chi connectivity index (χ4v) is 2.17. The number of hydrogen-bond acceptors (Lipinski definition) is 5. The molecule has 22 heavy (non-hydrogen) atoms. The van der Waals surface area contributed by atoms with Crippen LogP contribution in [0.3, 0.4) is 0 Å². The summed E-state index contributed by atoms with van der Waals surface area (Å²) < 4.78 is 11.4. The van der Waals surface area contributed by atoms with Gasteiger partial charge in [-0.1, -0.05) is 0 Å². The Bertz CT molecular complexity index is 438. The van der Waals surface area contributed by atoms with Crippen LogP contribution in [0.2, 0.25) is 0 Å². The highest BCUT2D eigenvalue weighted by atomic mass is 79.9. The van der Waals surface area contributed by atoms with E-state index in [4.69, 9.17) is 20.2 Å². The lowest BCUT2D eigenvalue weighted by atomic mass is 10.1. The third-order valence-electron chi connectivity index (χ3n) is 3.04. The number of carbonyl (C=O) groups is 1. The molecule has 0 bridgehead atoms. The molecule has 1 aliphatic heterocycles. The maximum absolute atomic E-state index is 12.1. The Hall–Kier alpha value is -1.08. The van der Waals surface area contributed by atoms with Gasteiger partial charge in [0.2, 0.25) is 0 Å². The van der Waals surface area contributed by atoms with Crippen molar-refractivity contribution in [1.29, 1.82) is 0 Å². The van der Waals surface area contributed by atoms with Crippen molar-refractivity contribution in [2.75, 3.05) is 26.8 Å². The zero-order valence-corrected chi connectivity index (χ0v) is 15.4. The Morgan fingerprint density at radius 1 is 1.45 bits per heavy atom. The minimum atomic E-state index is -0.524. The van der Waals surface area contributed by atoms with Gasteiger partial charge in [-0.25, -0.2) is 4.79 Å². The van der Waals surface area contributed by atoms with E-state index in [1.54, 1.807) is 7.05 Å². The van der Waals surface area contributed by atoms with E-state index in [1.165, 1.54) is 11.1 Å². The Kier molecular flexibility index (Phi) is 7.35. The average molecular weight is 376 g/mol. The summed E-state index contributed by atoms with van der Waals surface area (Å²) in [5.74, 6) is 0. The van der Waals surface area contributed by atoms with E-state index in [2.05, 4.69) is 15.9 Å². The summed E-state index contributed by atoms with van der Waals surface area (Å²) in [5.41, 5.74) is 5.80. The lowest BCUT2D eigenvalue weighted by Crippen LogP contribution is -2.37. The maximum atomic E-state index is 12.1. The predicted molar refractivity (Wildman–Crippen MR) is 91.3 cm³/mol. The first-order valence-electron chi connectivity index (χ1n) is 7.39. The molecule has 7 heteroatoms. The first-order chi connectivity index (χ1) is 10.2. The smallest absolute Gasteiger partial charge is 0.410 e. The molecule has 1 saturated heterocycles. The third-order valence-corrected chi connectivity index (χ3v) is 3.77. The molecule has 0 aromatic rings. The van der Waals surface area contributed by atoms with E-state index in [9.17, 15) is 4.79 Å². The summed E-state index contributed by atoms with van der Waals surface area (Å²) in [7, 11) is 1.68. The van der Waals surface area contributed by atoms with Gasteiger partial charge in [0.05, 0.1) is 22.8 Å². The SMILES string of the molecule is CN(CC(=NC1CCOCC1)/C(Br)=C\N)C(=O)OC(C)(C)C. The molecule has 0 atom stereocenters. The summed E-state index contributed by atoms with van der Waals surface area (Å²) in [6.45, 7) is 7.28. The third kappa shape index (κ3) is 6.79. The van der Waals surface area contributed by atoms with Crippen molar-refractivity contribution < 1.29 is 14.3 Å². The molecule has 1 amide bonds. The molecule has 0 aliphatic carbocycles. The summed E-state index contributed by atoms with van der Waals surface area (Å²) in [4.78, 5) is 18.3. The van der Waals surface area contributed by atoms with E-state index >= 15 is 0 Å². The molecule has 0 aromatic heterocycles. The zero-order chi connectivity index (χ0) is 16.8. The lowest BCUT2D eigenvalue weighted by Gasteiger charge is -2.26. The number of ether oxygens (including phenoxy) is 2. The fraction of sp³-hybridized carbons (Fsp3) is 0.733. The van der Waals surface area contributed by atoms with Crippen LogP contribution in [-0.4, -0.2) is 55.2 Å². The van der Waals surface area contributed by atoms with Crippen LogP contribution in [-0.2, 0) is 9.47 Å². The highest BCUT2D eigenvalue weighted by Gasteiger charge is 2.22. The fourth-order valence-electron chi connectivity index (χ4n) is 1.94. The number of aliphatic imine (C=N–C) groups is 1. The molecule has 6 nitrogen and oxygen atoms in total. The predicted octanol–water partition coefficient (Wildman–Crippen LogP) is 2.67. The maximum Gasteiger partial charge on any atom is 0.410 e. The summed E-state index contributed by atoms with van der Waals surface area (Å²) in [5, 5.41) is 0. The molecule has 1 aliphatic rings. The van der Waals surface area contributed by atoms with Crippen molar-refractivity contribution in [2.45, 2.75) is 45.3 Å². The molecule has 0 saturated carbocycles. The second-order valence-corrected chi connectivity index (χ2v) is 7.12. The van der Waals surface area contributed by atoms with Crippen LogP contribution < -0.4 is 5.73 Å². The van der Waals surface area contributed by atoms with Gasteiger partial charge >= 0.3 is 6.09 Å². The summed E-state index contributed by atoms with van der Waals surface area (Å²) in [6.07, 6.45) is 2.82. The first-order valence-corrected chi connectivity index (χ1v) is 8.18. The van der Waals surface area contributed by atoms with Crippen LogP contribution in [0.15, 0.2) is 15.7 Å². The molecule has 0 radical (unpaired) electrons. The standard InChI is InChI=1S/C15H26BrN3O3/c1-15(2,3)22-14(20)19(4)10-13(12(16)9-17)18-11-5-7-21-8-6-11/h9,11H,5-8,10,17H2,1-4H3/b12-9+,18-13?. The van der Waals surface area contributed by atoms with E-state index in [0.29, 0.717) is 24.2 Å². The Morgan fingerprint density at radius 2 is 2.05 bits per heavy atom. The molecule has 0 unspecified atom stereocenters. The van der Waals surface area contributed by atoms with Crippen LogP contribution in [0.25, 0.3) is 0 Å². The van der Waals surface area contributed by atoms with Gasteiger partial charge in [-0.05, 0) is 49.5 Å². The van der Waals surface area contributed by atoms with Crippen molar-refractivity contribution in [2.24, 2.45) is 10.7 Å². The quantitative estimate of drug-likeness (QED) is 0.766. The monoisotopic (exact) mass is 375 g/mol. The van der Waals surface area contributed by atoms with Crippen LogP contribution in [0.5, 0.6) is 0 Å². The molecule has 1 heterocycles. The minimum absolute atomic E-state index is 0.197. The highest BCUT2D eigenvalue weighted by molar-refractivity contribution is 9.12. The lowest BCUT2D eigenvalue weighted by molar-refractivity contribution is 0.0323. The van der Waals surface area contributed by atoms with Gasteiger partial charge in [-0.2, -0.15) is 0 Å². The van der Waals surface area contributed by atoms with Gasteiger partial charge in [0.25, 0.3) is 0 Å². The second kappa shape index (κ2) is 8.53. The molecular weight excluding hydrogens is 350 g/mol. The van der Waals surface area contributed by atoms with Crippen molar-refractivity contribution >= 4 is 27.7 Å². The van der Waals surface area contributed by atoms with Crippen LogP contribution in [0.4, 0.5) is 4.79 Å². The van der Waals surface area contributed by atoms with Gasteiger partial charge in [0, 0.05) is 26.5 Å². The molecule has 1 rings (SSSR count). The normalized spacial score (nSPS) is 18.2. The molecular formula is C15H26BrN3O3. The van der Waals surface area contributed by atoms with Gasteiger partial charge in [-0.15, -0.1) is 0 Å². The number of nitrogens with zero attached hydrogens (tertiary/aromatic N) is 2. The van der Waals surface area contributed by atoms with E-state index in [1.807, 2.05) is 20.8 Å². The highest BCUT2D eigenvalue weighted by Crippen LogP contribution is 2.16. The number of carbonyl (C=O) groups excluding carboxylic acids is 1. The molecule has 0 aromatic carbocycles. The van der Waals surface area contributed by atoms with Gasteiger partial charge in [0.1, 0.15) is 5.60 Å². The Balaban J connectivity index is 2.76. The molecule has 1 fully saturated rings. The van der Waals surface area contributed by atoms with E-state index in [-0.39, 0.29) is 12.1 Å². The van der Waals surface area contributed by atoms with E-state index < -0.39 is 5.60 Å².